The Hall–Kier alpha value is -1.55. The van der Waals surface area contributed by atoms with Crippen LogP contribution in [0.25, 0.3) is 0 Å². The number of anilines is 1. The molecule has 0 aliphatic carbocycles. The fourth-order valence-corrected chi connectivity index (χ4v) is 2.60. The summed E-state index contributed by atoms with van der Waals surface area (Å²) in [7, 11) is 0. The molecule has 1 aromatic rings. The van der Waals surface area contributed by atoms with E-state index < -0.39 is 0 Å². The van der Waals surface area contributed by atoms with Crippen molar-refractivity contribution in [1.29, 1.82) is 0 Å². The van der Waals surface area contributed by atoms with Crippen molar-refractivity contribution in [2.24, 2.45) is 0 Å². The van der Waals surface area contributed by atoms with Gasteiger partial charge in [0.2, 0.25) is 5.91 Å². The molecule has 110 valence electrons. The third-order valence-electron chi connectivity index (χ3n) is 3.76. The van der Waals surface area contributed by atoms with Gasteiger partial charge in [0.05, 0.1) is 6.10 Å². The summed E-state index contributed by atoms with van der Waals surface area (Å²) in [5.74, 6) is 0.199. The largest absolute Gasteiger partial charge is 0.399 e. The van der Waals surface area contributed by atoms with Crippen LogP contribution < -0.4 is 5.73 Å². The van der Waals surface area contributed by atoms with Gasteiger partial charge in [-0.2, -0.15) is 0 Å². The summed E-state index contributed by atoms with van der Waals surface area (Å²) in [5.41, 5.74) is 7.60. The van der Waals surface area contributed by atoms with E-state index in [1.54, 1.807) is 0 Å². The third kappa shape index (κ3) is 4.23. The van der Waals surface area contributed by atoms with Crippen LogP contribution >= 0.6 is 0 Å². The van der Waals surface area contributed by atoms with Crippen LogP contribution in [0.15, 0.2) is 24.3 Å². The average molecular weight is 276 g/mol. The second kappa shape index (κ2) is 7.29. The number of hydrogen-bond acceptors (Lipinski definition) is 3. The van der Waals surface area contributed by atoms with E-state index in [-0.39, 0.29) is 12.0 Å². The Bertz CT molecular complexity index is 442. The minimum Gasteiger partial charge on any atom is -0.399 e. The molecule has 1 amide bonds. The van der Waals surface area contributed by atoms with Gasteiger partial charge >= 0.3 is 0 Å². The normalized spacial score (nSPS) is 18.1. The molecule has 1 heterocycles. The van der Waals surface area contributed by atoms with Crippen LogP contribution in [-0.4, -0.2) is 30.1 Å². The zero-order valence-corrected chi connectivity index (χ0v) is 12.2. The minimum atomic E-state index is 0.199. The predicted molar refractivity (Wildman–Crippen MR) is 80.2 cm³/mol. The SMILES string of the molecule is CCN(Cc1cccc(N)c1)C(=O)CCC1CCCO1. The summed E-state index contributed by atoms with van der Waals surface area (Å²) in [6.45, 7) is 4.21. The van der Waals surface area contributed by atoms with Crippen molar-refractivity contribution in [2.45, 2.75) is 45.3 Å². The average Bonchev–Trinajstić information content (AvgIpc) is 2.95. The number of nitrogen functional groups attached to an aromatic ring is 1. The number of rotatable bonds is 6. The fraction of sp³-hybridized carbons (Fsp3) is 0.562. The van der Waals surface area contributed by atoms with E-state index in [0.717, 1.165) is 43.7 Å². The summed E-state index contributed by atoms with van der Waals surface area (Å²) in [6.07, 6.45) is 3.91. The highest BCUT2D eigenvalue weighted by atomic mass is 16.5. The van der Waals surface area contributed by atoms with Crippen molar-refractivity contribution in [1.82, 2.24) is 4.90 Å². The standard InChI is InChI=1S/C16H24N2O2/c1-2-18(12-13-5-3-6-14(17)11-13)16(19)9-8-15-7-4-10-20-15/h3,5-6,11,15H,2,4,7-10,12,17H2,1H3. The summed E-state index contributed by atoms with van der Waals surface area (Å²) in [4.78, 5) is 14.1. The van der Waals surface area contributed by atoms with E-state index in [1.807, 2.05) is 36.1 Å². The maximum Gasteiger partial charge on any atom is 0.222 e. The number of benzene rings is 1. The molecule has 1 saturated heterocycles. The Morgan fingerprint density at radius 3 is 3.00 bits per heavy atom. The molecule has 0 saturated carbocycles. The van der Waals surface area contributed by atoms with Gasteiger partial charge in [0.1, 0.15) is 0 Å². The van der Waals surface area contributed by atoms with Crippen molar-refractivity contribution >= 4 is 11.6 Å². The quantitative estimate of drug-likeness (QED) is 0.812. The number of carbonyl (C=O) groups is 1. The number of carbonyl (C=O) groups excluding carboxylic acids is 1. The van der Waals surface area contributed by atoms with Crippen LogP contribution in [0.4, 0.5) is 5.69 Å². The van der Waals surface area contributed by atoms with Gasteiger partial charge in [0.15, 0.2) is 0 Å². The molecule has 1 aromatic carbocycles. The topological polar surface area (TPSA) is 55.6 Å². The molecular formula is C16H24N2O2. The lowest BCUT2D eigenvalue weighted by Crippen LogP contribution is -2.30. The van der Waals surface area contributed by atoms with Gasteiger partial charge in [-0.25, -0.2) is 0 Å². The molecule has 2 rings (SSSR count). The Morgan fingerprint density at radius 2 is 2.35 bits per heavy atom. The summed E-state index contributed by atoms with van der Waals surface area (Å²) >= 11 is 0. The van der Waals surface area contributed by atoms with Crippen LogP contribution in [0.1, 0.15) is 38.2 Å². The molecule has 1 aliphatic heterocycles. The van der Waals surface area contributed by atoms with E-state index in [9.17, 15) is 4.79 Å². The molecule has 20 heavy (non-hydrogen) atoms. The van der Waals surface area contributed by atoms with Gasteiger partial charge in [-0.3, -0.25) is 4.79 Å². The maximum absolute atomic E-state index is 12.3. The van der Waals surface area contributed by atoms with Crippen molar-refractivity contribution < 1.29 is 9.53 Å². The number of hydrogen-bond donors (Lipinski definition) is 1. The first kappa shape index (κ1) is 14.9. The van der Waals surface area contributed by atoms with Crippen molar-refractivity contribution in [2.75, 3.05) is 18.9 Å². The van der Waals surface area contributed by atoms with Gasteiger partial charge in [0, 0.05) is 31.8 Å². The van der Waals surface area contributed by atoms with Crippen LogP contribution in [0.5, 0.6) is 0 Å². The van der Waals surface area contributed by atoms with E-state index in [0.29, 0.717) is 13.0 Å². The predicted octanol–water partition coefficient (Wildman–Crippen LogP) is 2.58. The highest BCUT2D eigenvalue weighted by molar-refractivity contribution is 5.76. The van der Waals surface area contributed by atoms with Gasteiger partial charge in [-0.15, -0.1) is 0 Å². The lowest BCUT2D eigenvalue weighted by Gasteiger charge is -2.22. The number of nitrogens with zero attached hydrogens (tertiary/aromatic N) is 1. The second-order valence-corrected chi connectivity index (χ2v) is 5.33. The first-order valence-corrected chi connectivity index (χ1v) is 7.43. The molecule has 1 atom stereocenters. The minimum absolute atomic E-state index is 0.199. The highest BCUT2D eigenvalue weighted by Crippen LogP contribution is 2.18. The zero-order valence-electron chi connectivity index (χ0n) is 12.2. The van der Waals surface area contributed by atoms with Gasteiger partial charge in [0.25, 0.3) is 0 Å². The van der Waals surface area contributed by atoms with Crippen molar-refractivity contribution in [3.05, 3.63) is 29.8 Å². The molecule has 0 spiro atoms. The van der Waals surface area contributed by atoms with E-state index in [4.69, 9.17) is 10.5 Å². The van der Waals surface area contributed by atoms with Gasteiger partial charge in [-0.05, 0) is 43.9 Å². The first-order chi connectivity index (χ1) is 9.69. The molecule has 4 heteroatoms. The molecule has 1 aliphatic rings. The highest BCUT2D eigenvalue weighted by Gasteiger charge is 2.19. The zero-order chi connectivity index (χ0) is 14.4. The first-order valence-electron chi connectivity index (χ1n) is 7.43. The van der Waals surface area contributed by atoms with Crippen LogP contribution in [0.2, 0.25) is 0 Å². The van der Waals surface area contributed by atoms with Crippen molar-refractivity contribution in [3.8, 4) is 0 Å². The Balaban J connectivity index is 1.85. The molecule has 2 N–H and O–H groups in total. The van der Waals surface area contributed by atoms with Crippen LogP contribution in [0.3, 0.4) is 0 Å². The maximum atomic E-state index is 12.3. The molecule has 4 nitrogen and oxygen atoms in total. The molecule has 1 unspecified atom stereocenters. The smallest absolute Gasteiger partial charge is 0.222 e. The summed E-state index contributed by atoms with van der Waals surface area (Å²) < 4.78 is 5.56. The number of nitrogens with two attached hydrogens (primary N) is 1. The number of amides is 1. The molecule has 0 bridgehead atoms. The van der Waals surface area contributed by atoms with Gasteiger partial charge in [-0.1, -0.05) is 12.1 Å². The summed E-state index contributed by atoms with van der Waals surface area (Å²) in [5, 5.41) is 0. The molecule has 0 radical (unpaired) electrons. The van der Waals surface area contributed by atoms with Crippen LogP contribution in [-0.2, 0) is 16.1 Å². The van der Waals surface area contributed by atoms with Gasteiger partial charge < -0.3 is 15.4 Å². The van der Waals surface area contributed by atoms with E-state index in [2.05, 4.69) is 0 Å². The monoisotopic (exact) mass is 276 g/mol. The van der Waals surface area contributed by atoms with E-state index >= 15 is 0 Å². The van der Waals surface area contributed by atoms with Crippen LogP contribution in [0, 0.1) is 0 Å². The molecule has 0 aromatic heterocycles. The molecular weight excluding hydrogens is 252 g/mol. The number of ether oxygens (including phenoxy) is 1. The molecule has 1 fully saturated rings. The Morgan fingerprint density at radius 1 is 1.50 bits per heavy atom. The second-order valence-electron chi connectivity index (χ2n) is 5.33. The van der Waals surface area contributed by atoms with Crippen molar-refractivity contribution in [3.63, 3.8) is 0 Å². The lowest BCUT2D eigenvalue weighted by atomic mass is 10.1. The third-order valence-corrected chi connectivity index (χ3v) is 3.76. The Kier molecular flexibility index (Phi) is 5.41. The lowest BCUT2D eigenvalue weighted by molar-refractivity contribution is -0.132. The fourth-order valence-electron chi connectivity index (χ4n) is 2.60. The summed E-state index contributed by atoms with van der Waals surface area (Å²) in [6, 6.07) is 7.72. The van der Waals surface area contributed by atoms with E-state index in [1.165, 1.54) is 0 Å². The Labute approximate surface area is 120 Å².